The van der Waals surface area contributed by atoms with Crippen molar-refractivity contribution in [2.75, 3.05) is 13.7 Å². The first-order valence-electron chi connectivity index (χ1n) is 5.27. The Morgan fingerprint density at radius 2 is 2.00 bits per heavy atom. The van der Waals surface area contributed by atoms with E-state index in [1.807, 2.05) is 6.07 Å². The number of aliphatic hydroxyl groups excluding tert-OH is 1. The molecule has 94 valence electrons. The van der Waals surface area contributed by atoms with E-state index >= 15 is 0 Å². The van der Waals surface area contributed by atoms with E-state index in [0.717, 1.165) is 0 Å². The zero-order chi connectivity index (χ0) is 12.7. The lowest BCUT2D eigenvalue weighted by molar-refractivity contribution is -0.152. The van der Waals surface area contributed by atoms with Crippen molar-refractivity contribution in [3.8, 4) is 5.75 Å². The van der Waals surface area contributed by atoms with Gasteiger partial charge in [0.1, 0.15) is 11.9 Å². The molecule has 0 amide bonds. The van der Waals surface area contributed by atoms with Gasteiger partial charge in [0.2, 0.25) is 6.10 Å². The number of rotatable bonds is 7. The summed E-state index contributed by atoms with van der Waals surface area (Å²) in [7, 11) is 1.39. The molecule has 0 aliphatic heterocycles. The van der Waals surface area contributed by atoms with E-state index in [9.17, 15) is 4.79 Å². The average molecular weight is 240 g/mol. The van der Waals surface area contributed by atoms with Gasteiger partial charge in [0.15, 0.2) is 0 Å². The van der Waals surface area contributed by atoms with Gasteiger partial charge in [0, 0.05) is 20.1 Å². The van der Waals surface area contributed by atoms with Crippen LogP contribution in [0.5, 0.6) is 5.75 Å². The van der Waals surface area contributed by atoms with Gasteiger partial charge in [-0.25, -0.2) is 4.79 Å². The van der Waals surface area contributed by atoms with Crippen LogP contribution >= 0.6 is 0 Å². The van der Waals surface area contributed by atoms with E-state index < -0.39 is 18.2 Å². The first kappa shape index (κ1) is 13.5. The fourth-order valence-corrected chi connectivity index (χ4v) is 1.45. The van der Waals surface area contributed by atoms with E-state index in [1.54, 1.807) is 24.3 Å². The molecule has 5 nitrogen and oxygen atoms in total. The smallest absolute Gasteiger partial charge is 0.347 e. The summed E-state index contributed by atoms with van der Waals surface area (Å²) in [4.78, 5) is 11.1. The third kappa shape index (κ3) is 4.05. The number of benzene rings is 1. The van der Waals surface area contributed by atoms with Crippen LogP contribution in [0.15, 0.2) is 30.3 Å². The summed E-state index contributed by atoms with van der Waals surface area (Å²) in [6.45, 7) is -0.152. The summed E-state index contributed by atoms with van der Waals surface area (Å²) in [5, 5.41) is 17.9. The highest BCUT2D eigenvalue weighted by atomic mass is 16.6. The van der Waals surface area contributed by atoms with Crippen LogP contribution in [-0.2, 0) is 9.53 Å². The van der Waals surface area contributed by atoms with E-state index in [-0.39, 0.29) is 13.0 Å². The zero-order valence-electron chi connectivity index (χ0n) is 9.57. The lowest BCUT2D eigenvalue weighted by Crippen LogP contribution is -2.40. The van der Waals surface area contributed by atoms with Crippen LogP contribution in [0.25, 0.3) is 0 Å². The maximum atomic E-state index is 11.1. The number of para-hydroxylation sites is 1. The van der Waals surface area contributed by atoms with Crippen molar-refractivity contribution < 1.29 is 24.5 Å². The lowest BCUT2D eigenvalue weighted by atomic mass is 10.1. The Morgan fingerprint density at radius 1 is 1.35 bits per heavy atom. The summed E-state index contributed by atoms with van der Waals surface area (Å²) in [6, 6.07) is 8.65. The van der Waals surface area contributed by atoms with Gasteiger partial charge in [0.05, 0.1) is 0 Å². The molecule has 0 aliphatic rings. The van der Waals surface area contributed by atoms with E-state index in [0.29, 0.717) is 5.75 Å². The fraction of sp³-hybridized carbons (Fsp3) is 0.417. The molecule has 0 fully saturated rings. The highest BCUT2D eigenvalue weighted by Gasteiger charge is 2.29. The number of ether oxygens (including phenoxy) is 2. The minimum absolute atomic E-state index is 0.152. The average Bonchev–Trinajstić information content (AvgIpc) is 2.34. The molecular weight excluding hydrogens is 224 g/mol. The van der Waals surface area contributed by atoms with Crippen molar-refractivity contribution in [2.24, 2.45) is 0 Å². The first-order chi connectivity index (χ1) is 8.19. The second kappa shape index (κ2) is 6.88. The predicted octanol–water partition coefficient (Wildman–Crippen LogP) is 0.916. The Kier molecular flexibility index (Phi) is 5.45. The van der Waals surface area contributed by atoms with Gasteiger partial charge in [-0.15, -0.1) is 0 Å². The van der Waals surface area contributed by atoms with E-state index in [2.05, 4.69) is 0 Å². The SMILES string of the molecule is COC(CCO)C(Oc1ccccc1)C(=O)O. The number of carboxylic acids is 1. The Labute approximate surface area is 99.6 Å². The summed E-state index contributed by atoms with van der Waals surface area (Å²) in [5.74, 6) is -0.658. The van der Waals surface area contributed by atoms with Gasteiger partial charge in [0.25, 0.3) is 0 Å². The second-order valence-corrected chi connectivity index (χ2v) is 3.48. The molecule has 0 bridgehead atoms. The summed E-state index contributed by atoms with van der Waals surface area (Å²) in [5.41, 5.74) is 0. The molecule has 0 aromatic heterocycles. The Balaban J connectivity index is 2.75. The molecule has 0 saturated heterocycles. The van der Waals surface area contributed by atoms with Crippen molar-refractivity contribution >= 4 is 5.97 Å². The molecule has 0 aliphatic carbocycles. The lowest BCUT2D eigenvalue weighted by Gasteiger charge is -2.22. The van der Waals surface area contributed by atoms with Crippen LogP contribution in [0.4, 0.5) is 0 Å². The molecule has 5 heteroatoms. The van der Waals surface area contributed by atoms with Crippen LogP contribution in [0.2, 0.25) is 0 Å². The van der Waals surface area contributed by atoms with Gasteiger partial charge >= 0.3 is 5.97 Å². The quantitative estimate of drug-likeness (QED) is 0.741. The standard InChI is InChI=1S/C12H16O5/c1-16-10(7-8-13)11(12(14)15)17-9-5-3-2-4-6-9/h2-6,10-11,13H,7-8H2,1H3,(H,14,15). The fourth-order valence-electron chi connectivity index (χ4n) is 1.45. The molecule has 1 aromatic rings. The van der Waals surface area contributed by atoms with Crippen molar-refractivity contribution in [2.45, 2.75) is 18.6 Å². The maximum Gasteiger partial charge on any atom is 0.347 e. The number of hydrogen-bond donors (Lipinski definition) is 2. The highest BCUT2D eigenvalue weighted by Crippen LogP contribution is 2.15. The number of aliphatic carboxylic acids is 1. The molecular formula is C12H16O5. The number of hydrogen-bond acceptors (Lipinski definition) is 4. The molecule has 2 unspecified atom stereocenters. The predicted molar refractivity (Wildman–Crippen MR) is 61.0 cm³/mol. The van der Waals surface area contributed by atoms with Crippen LogP contribution in [0, 0.1) is 0 Å². The molecule has 1 rings (SSSR count). The molecule has 2 atom stereocenters. The molecule has 2 N–H and O–H groups in total. The zero-order valence-corrected chi connectivity index (χ0v) is 9.57. The van der Waals surface area contributed by atoms with Gasteiger partial charge in [-0.3, -0.25) is 0 Å². The third-order valence-corrected chi connectivity index (χ3v) is 2.30. The molecule has 17 heavy (non-hydrogen) atoms. The third-order valence-electron chi connectivity index (χ3n) is 2.30. The summed E-state index contributed by atoms with van der Waals surface area (Å²) < 4.78 is 10.4. The van der Waals surface area contributed by atoms with Crippen molar-refractivity contribution in [3.63, 3.8) is 0 Å². The number of carboxylic acid groups (broad SMARTS) is 1. The topological polar surface area (TPSA) is 76.0 Å². The largest absolute Gasteiger partial charge is 0.478 e. The molecule has 0 spiro atoms. The minimum Gasteiger partial charge on any atom is -0.478 e. The monoisotopic (exact) mass is 240 g/mol. The number of methoxy groups -OCH3 is 1. The Bertz CT molecular complexity index is 338. The number of aliphatic hydroxyl groups is 1. The van der Waals surface area contributed by atoms with Crippen molar-refractivity contribution in [1.82, 2.24) is 0 Å². The molecule has 0 heterocycles. The van der Waals surface area contributed by atoms with Crippen LogP contribution in [-0.4, -0.2) is 42.1 Å². The molecule has 0 saturated carbocycles. The van der Waals surface area contributed by atoms with Crippen LogP contribution in [0.3, 0.4) is 0 Å². The van der Waals surface area contributed by atoms with Gasteiger partial charge in [-0.05, 0) is 12.1 Å². The molecule has 1 aromatic carbocycles. The number of carbonyl (C=O) groups is 1. The van der Waals surface area contributed by atoms with Gasteiger partial charge < -0.3 is 19.7 Å². The summed E-state index contributed by atoms with van der Waals surface area (Å²) >= 11 is 0. The Morgan fingerprint density at radius 3 is 2.47 bits per heavy atom. The van der Waals surface area contributed by atoms with E-state index in [4.69, 9.17) is 19.7 Å². The van der Waals surface area contributed by atoms with Crippen LogP contribution in [0.1, 0.15) is 6.42 Å². The Hall–Kier alpha value is -1.59. The maximum absolute atomic E-state index is 11.1. The van der Waals surface area contributed by atoms with Crippen molar-refractivity contribution in [3.05, 3.63) is 30.3 Å². The highest BCUT2D eigenvalue weighted by molar-refractivity contribution is 5.73. The van der Waals surface area contributed by atoms with Gasteiger partial charge in [-0.2, -0.15) is 0 Å². The first-order valence-corrected chi connectivity index (χ1v) is 5.27. The van der Waals surface area contributed by atoms with Gasteiger partial charge in [-0.1, -0.05) is 18.2 Å². The van der Waals surface area contributed by atoms with Crippen molar-refractivity contribution in [1.29, 1.82) is 0 Å². The second-order valence-electron chi connectivity index (χ2n) is 3.48. The summed E-state index contributed by atoms with van der Waals surface area (Å²) in [6.07, 6.45) is -1.60. The molecule has 0 radical (unpaired) electrons. The minimum atomic E-state index is -1.13. The van der Waals surface area contributed by atoms with E-state index in [1.165, 1.54) is 7.11 Å². The normalized spacial score (nSPS) is 14.0. The van der Waals surface area contributed by atoms with Crippen LogP contribution < -0.4 is 4.74 Å².